The normalized spacial score (nSPS) is 12.1. The van der Waals surface area contributed by atoms with Gasteiger partial charge in [0.2, 0.25) is 0 Å². The van der Waals surface area contributed by atoms with E-state index in [0.29, 0.717) is 6.61 Å². The molecule has 8 heteroatoms. The maximum Gasteiger partial charge on any atom is 0.325 e. The summed E-state index contributed by atoms with van der Waals surface area (Å²) in [4.78, 5) is 22.0. The van der Waals surface area contributed by atoms with Crippen molar-refractivity contribution in [1.29, 1.82) is 0 Å². The summed E-state index contributed by atoms with van der Waals surface area (Å²) in [6.45, 7) is 1.84. The van der Waals surface area contributed by atoms with E-state index in [1.165, 1.54) is 13.3 Å². The van der Waals surface area contributed by atoms with Crippen LogP contribution in [0.2, 0.25) is 0 Å². The molecule has 0 bridgehead atoms. The zero-order chi connectivity index (χ0) is 12.8. The summed E-state index contributed by atoms with van der Waals surface area (Å²) in [5.74, 6) is -1.46. The first-order valence-electron chi connectivity index (χ1n) is 4.94. The number of carbonyl (C=O) groups excluding carboxylic acids is 1. The van der Waals surface area contributed by atoms with Crippen molar-refractivity contribution in [2.75, 3.05) is 13.7 Å². The summed E-state index contributed by atoms with van der Waals surface area (Å²) in [6.07, 6.45) is 1.28. The summed E-state index contributed by atoms with van der Waals surface area (Å²) >= 11 is 0. The van der Waals surface area contributed by atoms with Crippen LogP contribution in [-0.2, 0) is 16.1 Å². The Hall–Kier alpha value is -1.96. The van der Waals surface area contributed by atoms with E-state index >= 15 is 0 Å². The van der Waals surface area contributed by atoms with Crippen LogP contribution in [-0.4, -0.2) is 51.7 Å². The van der Waals surface area contributed by atoms with Gasteiger partial charge in [-0.05, 0) is 6.92 Å². The molecule has 1 amide bonds. The van der Waals surface area contributed by atoms with Crippen LogP contribution in [0.1, 0.15) is 17.4 Å². The number of hydrogen-bond donors (Lipinski definition) is 2. The largest absolute Gasteiger partial charge is 0.480 e. The van der Waals surface area contributed by atoms with Crippen molar-refractivity contribution in [1.82, 2.24) is 20.3 Å². The number of carbonyl (C=O) groups is 2. The summed E-state index contributed by atoms with van der Waals surface area (Å²) in [6, 6.07) is -0.155. The second kappa shape index (κ2) is 5.94. The quantitative estimate of drug-likeness (QED) is 0.671. The number of nitrogens with one attached hydrogen (secondary N) is 1. The lowest BCUT2D eigenvalue weighted by Gasteiger charge is -2.10. The third-order valence-electron chi connectivity index (χ3n) is 1.86. The predicted molar refractivity (Wildman–Crippen MR) is 56.5 cm³/mol. The van der Waals surface area contributed by atoms with Crippen LogP contribution in [0.15, 0.2) is 6.20 Å². The van der Waals surface area contributed by atoms with Gasteiger partial charge in [-0.3, -0.25) is 9.59 Å². The number of nitrogens with zero attached hydrogens (tertiary/aromatic N) is 3. The molecule has 0 fully saturated rings. The molecule has 0 radical (unpaired) electrons. The Bertz CT molecular complexity index is 403. The molecule has 0 aliphatic carbocycles. The third kappa shape index (κ3) is 4.19. The molecule has 0 saturated heterocycles. The smallest absolute Gasteiger partial charge is 0.325 e. The molecular weight excluding hydrogens is 228 g/mol. The Morgan fingerprint density at radius 2 is 2.35 bits per heavy atom. The van der Waals surface area contributed by atoms with Gasteiger partial charge in [0.05, 0.1) is 12.8 Å². The van der Waals surface area contributed by atoms with E-state index in [1.807, 2.05) is 0 Å². The number of hydrogen-bond acceptors (Lipinski definition) is 5. The Balaban J connectivity index is 2.57. The van der Waals surface area contributed by atoms with Gasteiger partial charge in [-0.15, -0.1) is 5.10 Å². The van der Waals surface area contributed by atoms with Gasteiger partial charge in [0.15, 0.2) is 5.69 Å². The topological polar surface area (TPSA) is 106 Å². The molecule has 2 N–H and O–H groups in total. The molecule has 0 aliphatic rings. The minimum atomic E-state index is -1.05. The fourth-order valence-electron chi connectivity index (χ4n) is 1.21. The molecule has 17 heavy (non-hydrogen) atoms. The predicted octanol–water partition coefficient (Wildman–Crippen LogP) is -0.873. The fourth-order valence-corrected chi connectivity index (χ4v) is 1.21. The van der Waals surface area contributed by atoms with Gasteiger partial charge >= 0.3 is 5.97 Å². The van der Waals surface area contributed by atoms with Crippen molar-refractivity contribution >= 4 is 11.9 Å². The van der Waals surface area contributed by atoms with Gasteiger partial charge < -0.3 is 15.2 Å². The molecule has 1 unspecified atom stereocenters. The zero-order valence-electron chi connectivity index (χ0n) is 9.58. The van der Waals surface area contributed by atoms with Gasteiger partial charge in [0.1, 0.15) is 6.54 Å². The molecule has 1 aromatic heterocycles. The second-order valence-electron chi connectivity index (χ2n) is 3.52. The highest BCUT2D eigenvalue weighted by Crippen LogP contribution is 1.95. The maximum atomic E-state index is 11.6. The molecule has 1 rings (SSSR count). The molecule has 1 aromatic rings. The number of carboxylic acid groups (broad SMARTS) is 1. The number of amides is 1. The first-order chi connectivity index (χ1) is 8.02. The lowest BCUT2D eigenvalue weighted by molar-refractivity contribution is -0.137. The number of aromatic nitrogens is 3. The number of carboxylic acids is 1. The average molecular weight is 242 g/mol. The minimum Gasteiger partial charge on any atom is -0.480 e. The molecule has 0 spiro atoms. The molecule has 0 aromatic carbocycles. The Morgan fingerprint density at radius 1 is 1.65 bits per heavy atom. The van der Waals surface area contributed by atoms with Crippen molar-refractivity contribution in [3.8, 4) is 0 Å². The van der Waals surface area contributed by atoms with Crippen molar-refractivity contribution < 1.29 is 19.4 Å². The second-order valence-corrected chi connectivity index (χ2v) is 3.52. The van der Waals surface area contributed by atoms with E-state index in [2.05, 4.69) is 15.6 Å². The summed E-state index contributed by atoms with van der Waals surface area (Å²) in [5, 5.41) is 18.3. The minimum absolute atomic E-state index is 0.0780. The van der Waals surface area contributed by atoms with E-state index in [0.717, 1.165) is 4.68 Å². The number of methoxy groups -OCH3 is 1. The van der Waals surface area contributed by atoms with Crippen molar-refractivity contribution in [3.63, 3.8) is 0 Å². The van der Waals surface area contributed by atoms with E-state index in [9.17, 15) is 9.59 Å². The van der Waals surface area contributed by atoms with Gasteiger partial charge in [0, 0.05) is 13.2 Å². The SMILES string of the molecule is COCC(C)NC(=O)c1cn(CC(=O)O)nn1. The number of aliphatic carboxylic acids is 1. The summed E-state index contributed by atoms with van der Waals surface area (Å²) < 4.78 is 5.95. The molecule has 0 saturated carbocycles. The van der Waals surface area contributed by atoms with E-state index in [-0.39, 0.29) is 18.3 Å². The van der Waals surface area contributed by atoms with Gasteiger partial charge in [-0.2, -0.15) is 0 Å². The first-order valence-corrected chi connectivity index (χ1v) is 4.94. The maximum absolute atomic E-state index is 11.6. The summed E-state index contributed by atoms with van der Waals surface area (Å²) in [7, 11) is 1.53. The number of rotatable bonds is 6. The van der Waals surface area contributed by atoms with Gasteiger partial charge in [0.25, 0.3) is 5.91 Å². The molecule has 0 aliphatic heterocycles. The van der Waals surface area contributed by atoms with Gasteiger partial charge in [-0.25, -0.2) is 4.68 Å². The highest BCUT2D eigenvalue weighted by atomic mass is 16.5. The van der Waals surface area contributed by atoms with Crippen molar-refractivity contribution in [2.24, 2.45) is 0 Å². The Labute approximate surface area is 97.6 Å². The van der Waals surface area contributed by atoms with Crippen LogP contribution >= 0.6 is 0 Å². The van der Waals surface area contributed by atoms with Crippen molar-refractivity contribution in [2.45, 2.75) is 19.5 Å². The van der Waals surface area contributed by atoms with E-state index < -0.39 is 11.9 Å². The average Bonchev–Trinajstić information content (AvgIpc) is 2.65. The fraction of sp³-hybridized carbons (Fsp3) is 0.556. The first kappa shape index (κ1) is 13.1. The lowest BCUT2D eigenvalue weighted by atomic mass is 10.3. The zero-order valence-corrected chi connectivity index (χ0v) is 9.58. The molecular formula is C9H14N4O4. The van der Waals surface area contributed by atoms with Crippen LogP contribution < -0.4 is 5.32 Å². The standard InChI is InChI=1S/C9H14N4O4/c1-6(5-17-2)10-9(16)7-3-13(12-11-7)4-8(14)15/h3,6H,4-5H2,1-2H3,(H,10,16)(H,14,15). The van der Waals surface area contributed by atoms with Crippen molar-refractivity contribution in [3.05, 3.63) is 11.9 Å². The summed E-state index contributed by atoms with van der Waals surface area (Å²) in [5.41, 5.74) is 0.0780. The highest BCUT2D eigenvalue weighted by Gasteiger charge is 2.14. The third-order valence-corrected chi connectivity index (χ3v) is 1.86. The van der Waals surface area contributed by atoms with Crippen LogP contribution in [0.4, 0.5) is 0 Å². The molecule has 1 heterocycles. The van der Waals surface area contributed by atoms with E-state index in [4.69, 9.17) is 9.84 Å². The number of ether oxygens (including phenoxy) is 1. The van der Waals surface area contributed by atoms with Gasteiger partial charge in [-0.1, -0.05) is 5.21 Å². The van der Waals surface area contributed by atoms with Crippen LogP contribution in [0.3, 0.4) is 0 Å². The Kier molecular flexibility index (Phi) is 4.58. The highest BCUT2D eigenvalue weighted by molar-refractivity contribution is 5.92. The van der Waals surface area contributed by atoms with E-state index in [1.54, 1.807) is 6.92 Å². The lowest BCUT2D eigenvalue weighted by Crippen LogP contribution is -2.35. The van der Waals surface area contributed by atoms with Crippen LogP contribution in [0.5, 0.6) is 0 Å². The Morgan fingerprint density at radius 3 is 2.94 bits per heavy atom. The molecule has 8 nitrogen and oxygen atoms in total. The van der Waals surface area contributed by atoms with Crippen LogP contribution in [0, 0.1) is 0 Å². The monoisotopic (exact) mass is 242 g/mol. The molecule has 1 atom stereocenters. The van der Waals surface area contributed by atoms with Crippen LogP contribution in [0.25, 0.3) is 0 Å². The molecule has 94 valence electrons.